The van der Waals surface area contributed by atoms with Crippen molar-refractivity contribution in [2.24, 2.45) is 0 Å². The summed E-state index contributed by atoms with van der Waals surface area (Å²) in [6.07, 6.45) is 1.53. The number of ether oxygens (including phenoxy) is 1. The van der Waals surface area contributed by atoms with Crippen LogP contribution < -0.4 is 4.74 Å². The van der Waals surface area contributed by atoms with Crippen LogP contribution in [0, 0.1) is 13.8 Å². The Labute approximate surface area is 126 Å². The molecule has 0 bridgehead atoms. The molecule has 1 unspecified atom stereocenters. The van der Waals surface area contributed by atoms with E-state index in [-0.39, 0.29) is 5.41 Å². The van der Waals surface area contributed by atoms with Crippen LogP contribution in [0.1, 0.15) is 41.2 Å². The fourth-order valence-corrected chi connectivity index (χ4v) is 3.36. The highest BCUT2D eigenvalue weighted by Crippen LogP contribution is 2.58. The Bertz CT molecular complexity index is 642. The monoisotopic (exact) mass is 282 g/mol. The van der Waals surface area contributed by atoms with Gasteiger partial charge in [-0.2, -0.15) is 0 Å². The maximum atomic E-state index is 11.1. The maximum Gasteiger partial charge on any atom is 0.125 e. The fraction of sp³-hybridized carbons (Fsp3) is 0.368. The predicted molar refractivity (Wildman–Crippen MR) is 84.8 cm³/mol. The minimum atomic E-state index is -0.518. The van der Waals surface area contributed by atoms with E-state index in [0.29, 0.717) is 0 Å². The first-order valence-electron chi connectivity index (χ1n) is 7.47. The molecule has 0 aromatic heterocycles. The molecule has 0 heterocycles. The molecule has 0 radical (unpaired) electrons. The molecule has 1 fully saturated rings. The van der Waals surface area contributed by atoms with Gasteiger partial charge in [-0.05, 0) is 49.4 Å². The van der Waals surface area contributed by atoms with E-state index in [1.807, 2.05) is 24.3 Å². The number of benzene rings is 2. The molecule has 21 heavy (non-hydrogen) atoms. The largest absolute Gasteiger partial charge is 0.496 e. The van der Waals surface area contributed by atoms with E-state index in [4.69, 9.17) is 4.74 Å². The lowest BCUT2D eigenvalue weighted by atomic mass is 9.83. The Morgan fingerprint density at radius 2 is 1.76 bits per heavy atom. The van der Waals surface area contributed by atoms with Crippen molar-refractivity contribution < 1.29 is 9.84 Å². The molecule has 2 aromatic carbocycles. The van der Waals surface area contributed by atoms with E-state index in [1.54, 1.807) is 7.11 Å². The number of aliphatic hydroxyl groups excluding tert-OH is 1. The van der Waals surface area contributed by atoms with E-state index < -0.39 is 6.10 Å². The van der Waals surface area contributed by atoms with Crippen molar-refractivity contribution in [2.75, 3.05) is 7.11 Å². The maximum absolute atomic E-state index is 11.1. The molecule has 2 aromatic rings. The van der Waals surface area contributed by atoms with Crippen LogP contribution >= 0.6 is 0 Å². The summed E-state index contributed by atoms with van der Waals surface area (Å²) in [5.74, 6) is 0.794. The molecular weight excluding hydrogens is 260 g/mol. The van der Waals surface area contributed by atoms with Gasteiger partial charge < -0.3 is 9.84 Å². The normalized spacial score (nSPS) is 17.3. The van der Waals surface area contributed by atoms with Gasteiger partial charge in [0.15, 0.2) is 0 Å². The van der Waals surface area contributed by atoms with E-state index in [2.05, 4.69) is 32.0 Å². The number of rotatable bonds is 4. The molecule has 2 heteroatoms. The Balaban J connectivity index is 2.06. The van der Waals surface area contributed by atoms with Crippen molar-refractivity contribution in [3.63, 3.8) is 0 Å². The number of methoxy groups -OCH3 is 1. The highest BCUT2D eigenvalue weighted by Gasteiger charge is 2.51. The summed E-state index contributed by atoms with van der Waals surface area (Å²) in [6.45, 7) is 4.10. The number of hydrogen-bond acceptors (Lipinski definition) is 2. The summed E-state index contributed by atoms with van der Waals surface area (Å²) in [5, 5.41) is 11.1. The third kappa shape index (κ3) is 2.34. The average Bonchev–Trinajstić information content (AvgIpc) is 3.28. The van der Waals surface area contributed by atoms with Gasteiger partial charge in [0.05, 0.1) is 13.2 Å². The third-order valence-corrected chi connectivity index (χ3v) is 4.65. The smallest absolute Gasteiger partial charge is 0.125 e. The first-order chi connectivity index (χ1) is 10.1. The highest BCUT2D eigenvalue weighted by atomic mass is 16.5. The van der Waals surface area contributed by atoms with Crippen LogP contribution in [0.3, 0.4) is 0 Å². The third-order valence-electron chi connectivity index (χ3n) is 4.65. The fourth-order valence-electron chi connectivity index (χ4n) is 3.36. The minimum absolute atomic E-state index is 0.144. The Hall–Kier alpha value is -1.80. The zero-order valence-corrected chi connectivity index (χ0v) is 12.9. The first-order valence-corrected chi connectivity index (χ1v) is 7.47. The van der Waals surface area contributed by atoms with E-state index in [9.17, 15) is 5.11 Å². The summed E-state index contributed by atoms with van der Waals surface area (Å²) < 4.78 is 5.53. The number of hydrogen-bond donors (Lipinski definition) is 1. The van der Waals surface area contributed by atoms with Gasteiger partial charge in [0.1, 0.15) is 5.75 Å². The molecule has 0 saturated heterocycles. The van der Waals surface area contributed by atoms with Crippen molar-refractivity contribution in [2.45, 2.75) is 38.2 Å². The lowest BCUT2D eigenvalue weighted by molar-refractivity contribution is 0.129. The lowest BCUT2D eigenvalue weighted by Crippen LogP contribution is -2.20. The number of aryl methyl sites for hydroxylation is 2. The highest BCUT2D eigenvalue weighted by molar-refractivity contribution is 5.48. The van der Waals surface area contributed by atoms with Gasteiger partial charge >= 0.3 is 0 Å². The van der Waals surface area contributed by atoms with Gasteiger partial charge in [-0.15, -0.1) is 0 Å². The molecule has 1 aliphatic carbocycles. The zero-order chi connectivity index (χ0) is 15.0. The molecule has 1 aliphatic rings. The van der Waals surface area contributed by atoms with Crippen LogP contribution in [-0.4, -0.2) is 12.2 Å². The second-order valence-electron chi connectivity index (χ2n) is 6.12. The molecule has 1 N–H and O–H groups in total. The molecule has 0 spiro atoms. The second-order valence-corrected chi connectivity index (χ2v) is 6.12. The van der Waals surface area contributed by atoms with Gasteiger partial charge in [-0.1, -0.05) is 36.4 Å². The minimum Gasteiger partial charge on any atom is -0.496 e. The Morgan fingerprint density at radius 3 is 2.33 bits per heavy atom. The van der Waals surface area contributed by atoms with Crippen LogP contribution in [0.4, 0.5) is 0 Å². The van der Waals surface area contributed by atoms with Crippen LogP contribution in [-0.2, 0) is 5.41 Å². The molecule has 0 aliphatic heterocycles. The topological polar surface area (TPSA) is 29.5 Å². The molecule has 0 amide bonds. The molecule has 1 saturated carbocycles. The molecule has 110 valence electrons. The van der Waals surface area contributed by atoms with Crippen LogP contribution in [0.5, 0.6) is 5.75 Å². The Kier molecular flexibility index (Phi) is 3.50. The van der Waals surface area contributed by atoms with Gasteiger partial charge in [-0.25, -0.2) is 0 Å². The van der Waals surface area contributed by atoms with E-state index >= 15 is 0 Å². The second kappa shape index (κ2) is 5.19. The Morgan fingerprint density at radius 1 is 1.10 bits per heavy atom. The molecule has 2 nitrogen and oxygen atoms in total. The van der Waals surface area contributed by atoms with Gasteiger partial charge in [0.25, 0.3) is 0 Å². The molecular formula is C19H22O2. The first kappa shape index (κ1) is 14.2. The van der Waals surface area contributed by atoms with Gasteiger partial charge in [0, 0.05) is 11.0 Å². The average molecular weight is 282 g/mol. The summed E-state index contributed by atoms with van der Waals surface area (Å²) >= 11 is 0. The van der Waals surface area contributed by atoms with Gasteiger partial charge in [0.2, 0.25) is 0 Å². The van der Waals surface area contributed by atoms with Crippen LogP contribution in [0.15, 0.2) is 42.5 Å². The van der Waals surface area contributed by atoms with Crippen molar-refractivity contribution >= 4 is 0 Å². The van der Waals surface area contributed by atoms with E-state index in [0.717, 1.165) is 35.3 Å². The van der Waals surface area contributed by atoms with E-state index in [1.165, 1.54) is 5.56 Å². The zero-order valence-electron chi connectivity index (χ0n) is 12.9. The van der Waals surface area contributed by atoms with Crippen LogP contribution in [0.25, 0.3) is 0 Å². The summed E-state index contributed by atoms with van der Waals surface area (Å²) in [6, 6.07) is 14.5. The molecule has 3 rings (SSSR count). The summed E-state index contributed by atoms with van der Waals surface area (Å²) in [4.78, 5) is 0. The number of aliphatic hydroxyl groups is 1. The molecule has 1 atom stereocenters. The van der Waals surface area contributed by atoms with Gasteiger partial charge in [-0.3, -0.25) is 0 Å². The van der Waals surface area contributed by atoms with Crippen LogP contribution in [0.2, 0.25) is 0 Å². The van der Waals surface area contributed by atoms with Crippen molar-refractivity contribution in [3.8, 4) is 5.75 Å². The standard InChI is InChI=1S/C19H22O2/c1-13-11-14(2)17(16(12-13)21-3)18(20)19(9-10-19)15-7-5-4-6-8-15/h4-8,11-12,18,20H,9-10H2,1-3H3. The SMILES string of the molecule is COc1cc(C)cc(C)c1C(O)C1(c2ccccc2)CC1. The van der Waals surface area contributed by atoms with Crippen molar-refractivity contribution in [1.82, 2.24) is 0 Å². The summed E-state index contributed by atoms with van der Waals surface area (Å²) in [5.41, 5.74) is 4.27. The lowest BCUT2D eigenvalue weighted by Gasteiger charge is -2.26. The van der Waals surface area contributed by atoms with Crippen molar-refractivity contribution in [1.29, 1.82) is 0 Å². The summed E-state index contributed by atoms with van der Waals surface area (Å²) in [7, 11) is 1.67. The van der Waals surface area contributed by atoms with Crippen molar-refractivity contribution in [3.05, 3.63) is 64.7 Å². The quantitative estimate of drug-likeness (QED) is 0.915. The predicted octanol–water partition coefficient (Wildman–Crippen LogP) is 4.08.